The van der Waals surface area contributed by atoms with E-state index in [1.54, 1.807) is 12.1 Å². The van der Waals surface area contributed by atoms with E-state index in [4.69, 9.17) is 4.42 Å². The topological polar surface area (TPSA) is 50.5 Å². The number of carbonyl (C=O) groups is 2. The number of rotatable bonds is 1. The molecule has 1 fully saturated rings. The molecule has 0 saturated carbocycles. The van der Waals surface area contributed by atoms with Gasteiger partial charge in [0.1, 0.15) is 11.2 Å². The van der Waals surface area contributed by atoms with E-state index < -0.39 is 0 Å². The third kappa shape index (κ3) is 1.48. The number of anilines is 1. The van der Waals surface area contributed by atoms with Crippen LogP contribution in [-0.2, 0) is 9.59 Å². The summed E-state index contributed by atoms with van der Waals surface area (Å²) in [5.74, 6) is -0.295. The molecule has 0 aliphatic carbocycles. The lowest BCUT2D eigenvalue weighted by molar-refractivity contribution is -0.121. The molecule has 1 aliphatic heterocycles. The normalized spacial score (nSPS) is 15.7. The first-order chi connectivity index (χ1) is 9.74. The molecule has 98 valence electrons. The zero-order valence-electron chi connectivity index (χ0n) is 10.6. The van der Waals surface area contributed by atoms with Gasteiger partial charge in [0.25, 0.3) is 0 Å². The van der Waals surface area contributed by atoms with E-state index in [-0.39, 0.29) is 24.7 Å². The predicted molar refractivity (Wildman–Crippen MR) is 75.4 cm³/mol. The van der Waals surface area contributed by atoms with Crippen LogP contribution in [-0.4, -0.2) is 11.8 Å². The van der Waals surface area contributed by atoms with E-state index in [1.165, 1.54) is 4.90 Å². The summed E-state index contributed by atoms with van der Waals surface area (Å²) in [5.41, 5.74) is 2.08. The molecular formula is C16H11NO3. The quantitative estimate of drug-likeness (QED) is 0.635. The van der Waals surface area contributed by atoms with Crippen LogP contribution in [0.1, 0.15) is 12.8 Å². The summed E-state index contributed by atoms with van der Waals surface area (Å²) < 4.78 is 5.77. The van der Waals surface area contributed by atoms with Gasteiger partial charge < -0.3 is 4.42 Å². The number of furan rings is 1. The van der Waals surface area contributed by atoms with Crippen molar-refractivity contribution < 1.29 is 14.0 Å². The summed E-state index contributed by atoms with van der Waals surface area (Å²) >= 11 is 0. The molecule has 0 unspecified atom stereocenters. The van der Waals surface area contributed by atoms with Crippen LogP contribution in [0, 0.1) is 0 Å². The van der Waals surface area contributed by atoms with Crippen LogP contribution in [0.5, 0.6) is 0 Å². The fourth-order valence-corrected chi connectivity index (χ4v) is 2.72. The van der Waals surface area contributed by atoms with Crippen LogP contribution in [0.3, 0.4) is 0 Å². The molecule has 2 amide bonds. The molecule has 0 N–H and O–H groups in total. The van der Waals surface area contributed by atoms with Crippen molar-refractivity contribution in [3.63, 3.8) is 0 Å². The summed E-state index contributed by atoms with van der Waals surface area (Å²) in [6, 6.07) is 13.2. The van der Waals surface area contributed by atoms with Crippen molar-refractivity contribution in [3.8, 4) is 0 Å². The Kier molecular flexibility index (Phi) is 2.21. The molecule has 4 rings (SSSR count). The summed E-state index contributed by atoms with van der Waals surface area (Å²) in [4.78, 5) is 24.8. The van der Waals surface area contributed by atoms with Crippen molar-refractivity contribution in [1.82, 2.24) is 0 Å². The van der Waals surface area contributed by atoms with Gasteiger partial charge in [-0.05, 0) is 18.2 Å². The molecule has 1 saturated heterocycles. The second-order valence-corrected chi connectivity index (χ2v) is 4.90. The number of amides is 2. The van der Waals surface area contributed by atoms with E-state index in [1.807, 2.05) is 30.3 Å². The Morgan fingerprint density at radius 1 is 0.850 bits per heavy atom. The number of fused-ring (bicyclic) bond motifs is 3. The SMILES string of the molecule is O=C1CCC(=O)N1c1ccc2c(c1)oc1ccccc12. The highest BCUT2D eigenvalue weighted by atomic mass is 16.3. The van der Waals surface area contributed by atoms with Gasteiger partial charge in [0, 0.05) is 29.7 Å². The van der Waals surface area contributed by atoms with E-state index in [2.05, 4.69) is 0 Å². The van der Waals surface area contributed by atoms with E-state index in [0.717, 1.165) is 16.4 Å². The highest BCUT2D eigenvalue weighted by Crippen LogP contribution is 2.32. The van der Waals surface area contributed by atoms with Gasteiger partial charge in [0.05, 0.1) is 5.69 Å². The van der Waals surface area contributed by atoms with Crippen molar-refractivity contribution in [2.24, 2.45) is 0 Å². The van der Waals surface area contributed by atoms with Gasteiger partial charge >= 0.3 is 0 Å². The molecule has 0 spiro atoms. The van der Waals surface area contributed by atoms with Gasteiger partial charge in [-0.1, -0.05) is 18.2 Å². The summed E-state index contributed by atoms with van der Waals surface area (Å²) in [5, 5.41) is 2.02. The predicted octanol–water partition coefficient (Wildman–Crippen LogP) is 3.24. The maximum absolute atomic E-state index is 11.8. The Bertz CT molecular complexity index is 846. The van der Waals surface area contributed by atoms with E-state index >= 15 is 0 Å². The molecule has 3 aromatic rings. The van der Waals surface area contributed by atoms with Crippen molar-refractivity contribution in [1.29, 1.82) is 0 Å². The number of para-hydroxylation sites is 1. The highest BCUT2D eigenvalue weighted by Gasteiger charge is 2.30. The Hall–Kier alpha value is -2.62. The molecule has 20 heavy (non-hydrogen) atoms. The molecular weight excluding hydrogens is 254 g/mol. The van der Waals surface area contributed by atoms with Gasteiger partial charge in [-0.2, -0.15) is 0 Å². The second kappa shape index (κ2) is 3.93. The fourth-order valence-electron chi connectivity index (χ4n) is 2.72. The molecule has 0 atom stereocenters. The number of benzene rings is 2. The fraction of sp³-hybridized carbons (Fsp3) is 0.125. The zero-order chi connectivity index (χ0) is 13.7. The first-order valence-electron chi connectivity index (χ1n) is 6.51. The number of carbonyl (C=O) groups excluding carboxylic acids is 2. The monoisotopic (exact) mass is 265 g/mol. The van der Waals surface area contributed by atoms with Crippen LogP contribution in [0.2, 0.25) is 0 Å². The van der Waals surface area contributed by atoms with Gasteiger partial charge in [-0.25, -0.2) is 0 Å². The molecule has 2 aromatic carbocycles. The van der Waals surface area contributed by atoms with Crippen LogP contribution in [0.4, 0.5) is 5.69 Å². The minimum atomic E-state index is -0.148. The summed E-state index contributed by atoms with van der Waals surface area (Å²) in [6.07, 6.45) is 0.577. The van der Waals surface area contributed by atoms with Crippen LogP contribution < -0.4 is 4.90 Å². The summed E-state index contributed by atoms with van der Waals surface area (Å²) in [7, 11) is 0. The molecule has 1 aliphatic rings. The second-order valence-electron chi connectivity index (χ2n) is 4.90. The maximum atomic E-state index is 11.8. The van der Waals surface area contributed by atoms with Crippen molar-refractivity contribution in [2.75, 3.05) is 4.90 Å². The van der Waals surface area contributed by atoms with Crippen molar-refractivity contribution in [2.45, 2.75) is 12.8 Å². The minimum absolute atomic E-state index is 0.148. The molecule has 4 nitrogen and oxygen atoms in total. The number of imide groups is 1. The standard InChI is InChI=1S/C16H11NO3/c18-15-7-8-16(19)17(15)10-5-6-12-11-3-1-2-4-13(11)20-14(12)9-10/h1-6,9H,7-8H2. The Morgan fingerprint density at radius 2 is 1.55 bits per heavy atom. The Balaban J connectivity index is 1.93. The third-order valence-electron chi connectivity index (χ3n) is 3.67. The largest absolute Gasteiger partial charge is 0.456 e. The first kappa shape index (κ1) is 11.2. The van der Waals surface area contributed by atoms with Crippen LogP contribution in [0.25, 0.3) is 21.9 Å². The molecule has 1 aromatic heterocycles. The zero-order valence-corrected chi connectivity index (χ0v) is 10.6. The van der Waals surface area contributed by atoms with Crippen molar-refractivity contribution >= 4 is 39.4 Å². The lowest BCUT2D eigenvalue weighted by atomic mass is 10.1. The van der Waals surface area contributed by atoms with Crippen LogP contribution >= 0.6 is 0 Å². The van der Waals surface area contributed by atoms with Gasteiger partial charge in [0.2, 0.25) is 11.8 Å². The number of nitrogens with zero attached hydrogens (tertiary/aromatic N) is 1. The highest BCUT2D eigenvalue weighted by molar-refractivity contribution is 6.20. The lowest BCUT2D eigenvalue weighted by Crippen LogP contribution is -2.28. The van der Waals surface area contributed by atoms with E-state index in [0.29, 0.717) is 11.3 Å². The Labute approximate surface area is 114 Å². The average molecular weight is 265 g/mol. The summed E-state index contributed by atoms with van der Waals surface area (Å²) in [6.45, 7) is 0. The van der Waals surface area contributed by atoms with Gasteiger partial charge in [-0.15, -0.1) is 0 Å². The lowest BCUT2D eigenvalue weighted by Gasteiger charge is -2.13. The van der Waals surface area contributed by atoms with Crippen LogP contribution in [0.15, 0.2) is 46.9 Å². The number of hydrogen-bond donors (Lipinski definition) is 0. The molecule has 0 radical (unpaired) electrons. The minimum Gasteiger partial charge on any atom is -0.456 e. The number of hydrogen-bond acceptors (Lipinski definition) is 3. The Morgan fingerprint density at radius 3 is 2.35 bits per heavy atom. The van der Waals surface area contributed by atoms with Gasteiger partial charge in [0.15, 0.2) is 0 Å². The third-order valence-corrected chi connectivity index (χ3v) is 3.67. The maximum Gasteiger partial charge on any atom is 0.234 e. The van der Waals surface area contributed by atoms with Gasteiger partial charge in [-0.3, -0.25) is 14.5 Å². The average Bonchev–Trinajstić information content (AvgIpc) is 2.98. The molecule has 0 bridgehead atoms. The molecule has 2 heterocycles. The molecule has 4 heteroatoms. The first-order valence-corrected chi connectivity index (χ1v) is 6.51. The smallest absolute Gasteiger partial charge is 0.234 e. The van der Waals surface area contributed by atoms with Crippen molar-refractivity contribution in [3.05, 3.63) is 42.5 Å². The van der Waals surface area contributed by atoms with E-state index in [9.17, 15) is 9.59 Å².